The standard InChI is InChI=1S/C43H77N3O7/c1-3-5-7-9-11-13-15-17-19-21-23-28-32-44-42(50)46(33-29-24-22-20-18-16-14-12-10-8-6-4-2)41-38(40(49)39(48)37(34-47)53-41)45-43(51)52-35-36-30-26-25-27-31-36/h25-27,30-31,37-41,47-49H,3-24,28-29,32-35H2,1-2H3,(H,44,50)(H,45,51)/t37-,38+,39+,40-,41-/m1/s1. The Labute approximate surface area is 322 Å². The highest BCUT2D eigenvalue weighted by atomic mass is 16.6. The van der Waals surface area contributed by atoms with Crippen molar-refractivity contribution in [3.05, 3.63) is 35.9 Å². The van der Waals surface area contributed by atoms with Gasteiger partial charge in [-0.2, -0.15) is 0 Å². The Hall–Kier alpha value is -2.40. The smallest absolute Gasteiger partial charge is 0.407 e. The van der Waals surface area contributed by atoms with Crippen LogP contribution in [-0.2, 0) is 16.1 Å². The predicted molar refractivity (Wildman–Crippen MR) is 214 cm³/mol. The Morgan fingerprint density at radius 3 is 1.64 bits per heavy atom. The largest absolute Gasteiger partial charge is 0.445 e. The average molecular weight is 748 g/mol. The van der Waals surface area contributed by atoms with Crippen molar-refractivity contribution in [2.75, 3.05) is 19.7 Å². The Morgan fingerprint density at radius 2 is 1.15 bits per heavy atom. The van der Waals surface area contributed by atoms with Crippen LogP contribution in [0.2, 0.25) is 0 Å². The van der Waals surface area contributed by atoms with Gasteiger partial charge in [0, 0.05) is 13.1 Å². The first-order valence-corrected chi connectivity index (χ1v) is 21.6. The molecule has 1 aromatic carbocycles. The zero-order valence-corrected chi connectivity index (χ0v) is 33.5. The SMILES string of the molecule is CCCCCCCCCCCCCCNC(=O)N(CCCCCCCCCCCCCC)[C@@H]1O[C@H](CO)[C@H](O)[C@H](O)[C@@H]1NC(=O)OCc1ccccc1. The number of hydrogen-bond acceptors (Lipinski definition) is 7. The van der Waals surface area contributed by atoms with Crippen LogP contribution in [0, 0.1) is 0 Å². The van der Waals surface area contributed by atoms with Crippen LogP contribution in [0.5, 0.6) is 0 Å². The number of carbonyl (C=O) groups is 2. The van der Waals surface area contributed by atoms with Crippen LogP contribution in [0.15, 0.2) is 30.3 Å². The highest BCUT2D eigenvalue weighted by molar-refractivity contribution is 5.75. The van der Waals surface area contributed by atoms with Crippen LogP contribution in [0.25, 0.3) is 0 Å². The van der Waals surface area contributed by atoms with E-state index in [4.69, 9.17) is 9.47 Å². The predicted octanol–water partition coefficient (Wildman–Crippen LogP) is 9.13. The average Bonchev–Trinajstić information content (AvgIpc) is 3.17. The minimum Gasteiger partial charge on any atom is -0.445 e. The first-order chi connectivity index (χ1) is 25.9. The highest BCUT2D eigenvalue weighted by Crippen LogP contribution is 2.25. The summed E-state index contributed by atoms with van der Waals surface area (Å²) in [4.78, 5) is 28.3. The molecule has 306 valence electrons. The van der Waals surface area contributed by atoms with Crippen molar-refractivity contribution in [2.24, 2.45) is 0 Å². The molecule has 0 saturated carbocycles. The summed E-state index contributed by atoms with van der Waals surface area (Å²) >= 11 is 0. The highest BCUT2D eigenvalue weighted by Gasteiger charge is 2.48. The Balaban J connectivity index is 1.93. The van der Waals surface area contributed by atoms with Crippen molar-refractivity contribution in [3.63, 3.8) is 0 Å². The molecule has 0 radical (unpaired) electrons. The summed E-state index contributed by atoms with van der Waals surface area (Å²) in [6.07, 6.45) is 23.0. The van der Waals surface area contributed by atoms with Gasteiger partial charge in [-0.25, -0.2) is 9.59 Å². The molecule has 0 aliphatic carbocycles. The third-order valence-electron chi connectivity index (χ3n) is 10.5. The first-order valence-electron chi connectivity index (χ1n) is 21.6. The molecule has 1 aromatic rings. The molecule has 1 aliphatic heterocycles. The molecule has 53 heavy (non-hydrogen) atoms. The van der Waals surface area contributed by atoms with E-state index in [0.717, 1.165) is 50.5 Å². The number of benzene rings is 1. The Bertz CT molecular complexity index is 1030. The van der Waals surface area contributed by atoms with E-state index >= 15 is 0 Å². The number of carbonyl (C=O) groups excluding carboxylic acids is 2. The van der Waals surface area contributed by atoms with Crippen molar-refractivity contribution in [2.45, 2.75) is 205 Å². The molecule has 5 atom stereocenters. The molecule has 1 fully saturated rings. The van der Waals surface area contributed by atoms with E-state index in [9.17, 15) is 24.9 Å². The zero-order valence-electron chi connectivity index (χ0n) is 33.5. The molecule has 0 spiro atoms. The van der Waals surface area contributed by atoms with E-state index in [-0.39, 0.29) is 12.6 Å². The second kappa shape index (κ2) is 30.9. The number of aliphatic hydroxyl groups excluding tert-OH is 3. The van der Waals surface area contributed by atoms with Gasteiger partial charge in [0.15, 0.2) is 6.23 Å². The van der Waals surface area contributed by atoms with Gasteiger partial charge in [-0.3, -0.25) is 4.90 Å². The number of unbranched alkanes of at least 4 members (excludes halogenated alkanes) is 22. The summed E-state index contributed by atoms with van der Waals surface area (Å²) in [5.41, 5.74) is 0.797. The number of nitrogens with zero attached hydrogens (tertiary/aromatic N) is 1. The normalized spacial score (nSPS) is 19.9. The van der Waals surface area contributed by atoms with Gasteiger partial charge in [0.25, 0.3) is 0 Å². The molecule has 5 N–H and O–H groups in total. The fourth-order valence-corrected chi connectivity index (χ4v) is 7.15. The molecule has 1 heterocycles. The van der Waals surface area contributed by atoms with Crippen LogP contribution < -0.4 is 10.6 Å². The van der Waals surface area contributed by atoms with Crippen LogP contribution in [0.4, 0.5) is 9.59 Å². The zero-order chi connectivity index (χ0) is 38.4. The molecule has 1 saturated heterocycles. The van der Waals surface area contributed by atoms with E-state index < -0.39 is 43.3 Å². The van der Waals surface area contributed by atoms with Crippen molar-refractivity contribution in [1.29, 1.82) is 0 Å². The van der Waals surface area contributed by atoms with Crippen LogP contribution in [0.1, 0.15) is 174 Å². The Kier molecular flexibility index (Phi) is 27.2. The number of hydrogen-bond donors (Lipinski definition) is 5. The first kappa shape index (κ1) is 46.8. The van der Waals surface area contributed by atoms with Gasteiger partial charge in [-0.1, -0.05) is 185 Å². The van der Waals surface area contributed by atoms with Crippen LogP contribution in [-0.4, -0.2) is 82.6 Å². The van der Waals surface area contributed by atoms with Gasteiger partial charge in [-0.05, 0) is 18.4 Å². The lowest BCUT2D eigenvalue weighted by atomic mass is 9.95. The van der Waals surface area contributed by atoms with Crippen LogP contribution in [0.3, 0.4) is 0 Å². The number of aliphatic hydroxyl groups is 3. The van der Waals surface area contributed by atoms with E-state index in [1.165, 1.54) is 114 Å². The molecule has 0 bridgehead atoms. The summed E-state index contributed by atoms with van der Waals surface area (Å²) in [5.74, 6) is 0. The minimum absolute atomic E-state index is 0.0188. The van der Waals surface area contributed by atoms with E-state index in [1.54, 1.807) is 0 Å². The molecular weight excluding hydrogens is 670 g/mol. The Morgan fingerprint density at radius 1 is 0.679 bits per heavy atom. The third-order valence-corrected chi connectivity index (χ3v) is 10.5. The van der Waals surface area contributed by atoms with Crippen LogP contribution >= 0.6 is 0 Å². The quantitative estimate of drug-likeness (QED) is 0.0477. The van der Waals surface area contributed by atoms with Gasteiger partial charge < -0.3 is 35.4 Å². The van der Waals surface area contributed by atoms with E-state index in [0.29, 0.717) is 13.1 Å². The summed E-state index contributed by atoms with van der Waals surface area (Å²) in [6, 6.07) is 7.71. The lowest BCUT2D eigenvalue weighted by molar-refractivity contribution is -0.222. The van der Waals surface area contributed by atoms with Gasteiger partial charge >= 0.3 is 12.1 Å². The van der Waals surface area contributed by atoms with Crippen molar-refractivity contribution >= 4 is 12.1 Å². The topological polar surface area (TPSA) is 141 Å². The summed E-state index contributed by atoms with van der Waals surface area (Å²) in [5, 5.41) is 37.6. The second-order valence-electron chi connectivity index (χ2n) is 15.2. The number of rotatable bonds is 31. The van der Waals surface area contributed by atoms with E-state index in [2.05, 4.69) is 24.5 Å². The molecule has 10 nitrogen and oxygen atoms in total. The third kappa shape index (κ3) is 20.7. The van der Waals surface area contributed by atoms with Gasteiger partial charge in [-0.15, -0.1) is 0 Å². The molecule has 3 amide bonds. The number of nitrogens with one attached hydrogen (secondary N) is 2. The second-order valence-corrected chi connectivity index (χ2v) is 15.2. The van der Waals surface area contributed by atoms with Gasteiger partial charge in [0.1, 0.15) is 31.0 Å². The monoisotopic (exact) mass is 748 g/mol. The number of amides is 3. The lowest BCUT2D eigenvalue weighted by Gasteiger charge is -2.46. The van der Waals surface area contributed by atoms with Crippen molar-refractivity contribution in [1.82, 2.24) is 15.5 Å². The number of alkyl carbamates (subject to hydrolysis) is 1. The maximum Gasteiger partial charge on any atom is 0.407 e. The van der Waals surface area contributed by atoms with Crippen molar-refractivity contribution in [3.8, 4) is 0 Å². The fourth-order valence-electron chi connectivity index (χ4n) is 7.15. The summed E-state index contributed by atoms with van der Waals surface area (Å²) < 4.78 is 11.5. The molecule has 10 heteroatoms. The van der Waals surface area contributed by atoms with Gasteiger partial charge in [0.2, 0.25) is 0 Å². The molecule has 1 aliphatic rings. The number of ether oxygens (including phenoxy) is 2. The number of urea groups is 1. The fraction of sp³-hybridized carbons (Fsp3) is 0.814. The maximum atomic E-state index is 13.8. The molecular formula is C43H77N3O7. The maximum absolute atomic E-state index is 13.8. The summed E-state index contributed by atoms with van der Waals surface area (Å²) in [6.45, 7) is 4.80. The molecule has 0 aromatic heterocycles. The van der Waals surface area contributed by atoms with E-state index in [1.807, 2.05) is 30.3 Å². The summed E-state index contributed by atoms with van der Waals surface area (Å²) in [7, 11) is 0. The minimum atomic E-state index is -1.50. The lowest BCUT2D eigenvalue weighted by Crippen LogP contribution is -2.69. The molecule has 0 unspecified atom stereocenters. The van der Waals surface area contributed by atoms with Gasteiger partial charge in [0.05, 0.1) is 6.61 Å². The van der Waals surface area contributed by atoms with Crippen molar-refractivity contribution < 1.29 is 34.4 Å². The molecule has 2 rings (SSSR count).